The van der Waals surface area contributed by atoms with Crippen molar-refractivity contribution in [2.24, 2.45) is 0 Å². The number of benzene rings is 1. The summed E-state index contributed by atoms with van der Waals surface area (Å²) in [6.07, 6.45) is 1.72. The van der Waals surface area contributed by atoms with Gasteiger partial charge in [-0.3, -0.25) is 9.36 Å². The van der Waals surface area contributed by atoms with Crippen molar-refractivity contribution in [3.05, 3.63) is 28.8 Å². The third-order valence-corrected chi connectivity index (χ3v) is 6.10. The summed E-state index contributed by atoms with van der Waals surface area (Å²) >= 11 is 5.96. The van der Waals surface area contributed by atoms with Crippen molar-refractivity contribution in [1.82, 2.24) is 0 Å². The minimum atomic E-state index is -3.45. The summed E-state index contributed by atoms with van der Waals surface area (Å²) in [7, 11) is -0.885. The highest BCUT2D eigenvalue weighted by Gasteiger charge is 2.36. The molecule has 1 atom stereocenters. The van der Waals surface area contributed by atoms with Gasteiger partial charge in [0.2, 0.25) is 5.85 Å². The van der Waals surface area contributed by atoms with Gasteiger partial charge in [0.1, 0.15) is 5.75 Å². The van der Waals surface area contributed by atoms with Crippen LogP contribution in [0.1, 0.15) is 38.2 Å². The number of ether oxygens (including phenoxy) is 2. The Kier molecular flexibility index (Phi) is 9.51. The molecule has 142 valence electrons. The second-order valence-electron chi connectivity index (χ2n) is 5.50. The lowest BCUT2D eigenvalue weighted by Crippen LogP contribution is -2.20. The van der Waals surface area contributed by atoms with Crippen LogP contribution in [0.15, 0.2) is 18.2 Å². The maximum atomic E-state index is 12.4. The van der Waals surface area contributed by atoms with Gasteiger partial charge in [-0.1, -0.05) is 24.9 Å². The SMILES string of the molecule is CCCC(OC(=O)CCCOc1ccc(Cl)c(C)c1)P(=O)(OC)OC. The first-order valence-corrected chi connectivity index (χ1v) is 10.1. The van der Waals surface area contributed by atoms with Gasteiger partial charge in [-0.15, -0.1) is 0 Å². The van der Waals surface area contributed by atoms with E-state index in [1.165, 1.54) is 14.2 Å². The first-order chi connectivity index (χ1) is 11.9. The van der Waals surface area contributed by atoms with Crippen LogP contribution in [0.5, 0.6) is 5.75 Å². The molecule has 0 saturated carbocycles. The fourth-order valence-electron chi connectivity index (χ4n) is 2.16. The van der Waals surface area contributed by atoms with Gasteiger partial charge in [0.25, 0.3) is 0 Å². The average Bonchev–Trinajstić information content (AvgIpc) is 2.60. The zero-order valence-electron chi connectivity index (χ0n) is 15.1. The van der Waals surface area contributed by atoms with E-state index in [0.717, 1.165) is 5.56 Å². The lowest BCUT2D eigenvalue weighted by Gasteiger charge is -2.23. The summed E-state index contributed by atoms with van der Waals surface area (Å²) in [5, 5.41) is 0.679. The van der Waals surface area contributed by atoms with Crippen molar-refractivity contribution in [3.63, 3.8) is 0 Å². The fourth-order valence-corrected chi connectivity index (χ4v) is 3.72. The molecule has 0 aliphatic heterocycles. The number of aryl methyl sites for hydroxylation is 1. The van der Waals surface area contributed by atoms with E-state index in [1.807, 2.05) is 19.9 Å². The summed E-state index contributed by atoms with van der Waals surface area (Å²) in [4.78, 5) is 12.0. The van der Waals surface area contributed by atoms with Gasteiger partial charge in [0.15, 0.2) is 0 Å². The molecule has 0 saturated heterocycles. The minimum Gasteiger partial charge on any atom is -0.494 e. The largest absolute Gasteiger partial charge is 0.494 e. The Balaban J connectivity index is 2.44. The lowest BCUT2D eigenvalue weighted by atomic mass is 10.2. The van der Waals surface area contributed by atoms with Crippen molar-refractivity contribution in [2.45, 2.75) is 45.4 Å². The summed E-state index contributed by atoms with van der Waals surface area (Å²) in [6, 6.07) is 5.38. The van der Waals surface area contributed by atoms with E-state index >= 15 is 0 Å². The number of esters is 1. The number of hydrogen-bond acceptors (Lipinski definition) is 6. The Morgan fingerprint density at radius 3 is 2.52 bits per heavy atom. The molecular weight excluding hydrogens is 367 g/mol. The first-order valence-electron chi connectivity index (χ1n) is 8.16. The van der Waals surface area contributed by atoms with Gasteiger partial charge in [0.05, 0.1) is 6.61 Å². The molecule has 1 aromatic rings. The summed E-state index contributed by atoms with van der Waals surface area (Å²) in [5.74, 6) is -0.647. The van der Waals surface area contributed by atoms with Crippen molar-refractivity contribution in [1.29, 1.82) is 0 Å². The van der Waals surface area contributed by atoms with Crippen molar-refractivity contribution < 1.29 is 27.9 Å². The molecule has 0 fully saturated rings. The number of halogens is 1. The summed E-state index contributed by atoms with van der Waals surface area (Å²) in [5.41, 5.74) is 0.927. The quantitative estimate of drug-likeness (QED) is 0.301. The predicted octanol–water partition coefficient (Wildman–Crippen LogP) is 4.96. The number of hydrogen-bond donors (Lipinski definition) is 0. The molecule has 0 radical (unpaired) electrons. The molecular formula is C17H26ClO6P. The molecule has 0 bridgehead atoms. The third-order valence-electron chi connectivity index (χ3n) is 3.59. The number of carbonyl (C=O) groups excluding carboxylic acids is 1. The maximum Gasteiger partial charge on any atom is 0.370 e. The van der Waals surface area contributed by atoms with E-state index in [4.69, 9.17) is 30.1 Å². The molecule has 8 heteroatoms. The predicted molar refractivity (Wildman–Crippen MR) is 97.3 cm³/mol. The monoisotopic (exact) mass is 392 g/mol. The highest BCUT2D eigenvalue weighted by atomic mass is 35.5. The van der Waals surface area contributed by atoms with E-state index in [-0.39, 0.29) is 6.42 Å². The van der Waals surface area contributed by atoms with Crippen molar-refractivity contribution in [2.75, 3.05) is 20.8 Å². The van der Waals surface area contributed by atoms with Crippen LogP contribution in [0.25, 0.3) is 0 Å². The molecule has 0 N–H and O–H groups in total. The molecule has 0 heterocycles. The van der Waals surface area contributed by atoms with Gasteiger partial charge < -0.3 is 18.5 Å². The van der Waals surface area contributed by atoms with Gasteiger partial charge in [-0.2, -0.15) is 0 Å². The van der Waals surface area contributed by atoms with Crippen molar-refractivity contribution in [3.8, 4) is 5.75 Å². The van der Waals surface area contributed by atoms with Crippen LogP contribution >= 0.6 is 19.2 Å². The van der Waals surface area contributed by atoms with Crippen LogP contribution in [0.2, 0.25) is 5.02 Å². The highest BCUT2D eigenvalue weighted by molar-refractivity contribution is 7.54. The Morgan fingerprint density at radius 1 is 1.28 bits per heavy atom. The second kappa shape index (κ2) is 10.8. The molecule has 1 unspecified atom stereocenters. The zero-order valence-corrected chi connectivity index (χ0v) is 16.8. The van der Waals surface area contributed by atoms with Crippen LogP contribution in [-0.2, 0) is 23.1 Å². The van der Waals surface area contributed by atoms with Gasteiger partial charge >= 0.3 is 13.6 Å². The van der Waals surface area contributed by atoms with Crippen LogP contribution in [0.3, 0.4) is 0 Å². The Morgan fingerprint density at radius 2 is 1.96 bits per heavy atom. The Hall–Kier alpha value is -1.07. The van der Waals surface area contributed by atoms with Crippen molar-refractivity contribution >= 4 is 25.2 Å². The molecule has 0 amide bonds. The van der Waals surface area contributed by atoms with E-state index in [2.05, 4.69) is 0 Å². The third kappa shape index (κ3) is 6.98. The molecule has 0 aromatic heterocycles. The summed E-state index contributed by atoms with van der Waals surface area (Å²) in [6.45, 7) is 4.16. The van der Waals surface area contributed by atoms with Crippen LogP contribution < -0.4 is 4.74 Å². The summed E-state index contributed by atoms with van der Waals surface area (Å²) < 4.78 is 33.1. The fraction of sp³-hybridized carbons (Fsp3) is 0.588. The van der Waals surface area contributed by atoms with Gasteiger partial charge in [-0.25, -0.2) is 0 Å². The Bertz CT molecular complexity index is 599. The Labute approximate surface area is 154 Å². The zero-order chi connectivity index (χ0) is 18.9. The molecule has 0 aliphatic rings. The molecule has 6 nitrogen and oxygen atoms in total. The van der Waals surface area contributed by atoms with E-state index in [0.29, 0.717) is 36.6 Å². The topological polar surface area (TPSA) is 71.1 Å². The molecule has 25 heavy (non-hydrogen) atoms. The normalized spacial score (nSPS) is 12.7. The number of rotatable bonds is 11. The highest BCUT2D eigenvalue weighted by Crippen LogP contribution is 2.53. The van der Waals surface area contributed by atoms with Crippen LogP contribution in [-0.4, -0.2) is 32.6 Å². The smallest absolute Gasteiger partial charge is 0.370 e. The second-order valence-corrected chi connectivity index (χ2v) is 8.29. The van der Waals surface area contributed by atoms with E-state index in [1.54, 1.807) is 12.1 Å². The van der Waals surface area contributed by atoms with Gasteiger partial charge in [-0.05, 0) is 43.5 Å². The van der Waals surface area contributed by atoms with E-state index < -0.39 is 19.4 Å². The van der Waals surface area contributed by atoms with E-state index in [9.17, 15) is 9.36 Å². The lowest BCUT2D eigenvalue weighted by molar-refractivity contribution is -0.146. The average molecular weight is 393 g/mol. The van der Waals surface area contributed by atoms with Crippen LogP contribution in [0, 0.1) is 6.92 Å². The molecule has 0 spiro atoms. The molecule has 1 rings (SSSR count). The standard InChI is InChI=1S/C17H26ClO6P/c1-5-7-17(25(20,21-3)22-4)24-16(19)8-6-11-23-14-9-10-15(18)13(2)12-14/h9-10,12,17H,5-8,11H2,1-4H3. The minimum absolute atomic E-state index is 0.153. The van der Waals surface area contributed by atoms with Gasteiger partial charge in [0, 0.05) is 25.7 Å². The van der Waals surface area contributed by atoms with Crippen LogP contribution in [0.4, 0.5) is 0 Å². The number of carbonyl (C=O) groups is 1. The molecule has 1 aromatic carbocycles. The molecule has 0 aliphatic carbocycles. The first kappa shape index (κ1) is 22.0. The maximum absolute atomic E-state index is 12.4.